The molecule has 4 aromatic rings. The number of fused-ring (bicyclic) bond motifs is 1. The van der Waals surface area contributed by atoms with Crippen molar-refractivity contribution in [2.45, 2.75) is 44.3 Å². The first-order valence-electron chi connectivity index (χ1n) is 11.7. The van der Waals surface area contributed by atoms with E-state index in [9.17, 15) is 27.9 Å². The standard InChI is InChI=1S/C25H23ClF3N4O5/c1-31-21-20(22(35)33(24(31)36)16-9-10-17(34)11-16)32(13-14-5-7-15(26)8-6-14)23(30-21)37-18-3-2-4-19(12-18)38-25(27,28)29/h2-8,12,16-17,26,34H,9-11,13H2,1H3/q+1. The number of aryl methyl sites for hydroxylation is 1. The summed E-state index contributed by atoms with van der Waals surface area (Å²) in [6.07, 6.45) is -4.30. The first-order chi connectivity index (χ1) is 18.0. The number of imidazole rings is 1. The molecule has 9 nitrogen and oxygen atoms in total. The van der Waals surface area contributed by atoms with Crippen molar-refractivity contribution >= 4 is 11.2 Å². The zero-order chi connectivity index (χ0) is 27.2. The SMILES string of the molecule is Cn1c(=O)n(C2CCC(O)C2)c(=O)c2c1nc(Oc1cccc(OC(F)(F)F)c1)n2Cc1ccc([ClH+])cc1. The van der Waals surface area contributed by atoms with E-state index in [1.807, 2.05) is 0 Å². The molecule has 13 heteroatoms. The van der Waals surface area contributed by atoms with Crippen LogP contribution in [0.3, 0.4) is 0 Å². The third-order valence-corrected chi connectivity index (χ3v) is 6.67. The minimum Gasteiger partial charge on any atom is -0.425 e. The number of alkyl halides is 3. The monoisotopic (exact) mass is 551 g/mol. The van der Waals surface area contributed by atoms with Gasteiger partial charge in [-0.25, -0.2) is 4.79 Å². The molecule has 5 rings (SSSR count). The summed E-state index contributed by atoms with van der Waals surface area (Å²) in [7, 11) is 1.47. The summed E-state index contributed by atoms with van der Waals surface area (Å²) in [5, 5.41) is 10.6. The number of aliphatic hydroxyl groups excluding tert-OH is 1. The summed E-state index contributed by atoms with van der Waals surface area (Å²) in [5.74, 6) is -0.512. The van der Waals surface area contributed by atoms with Crippen LogP contribution in [0.1, 0.15) is 30.9 Å². The van der Waals surface area contributed by atoms with Gasteiger partial charge in [-0.3, -0.25) is 18.5 Å². The molecule has 200 valence electrons. The van der Waals surface area contributed by atoms with Crippen LogP contribution < -0.4 is 20.7 Å². The van der Waals surface area contributed by atoms with Crippen LogP contribution in [0.25, 0.3) is 11.2 Å². The highest BCUT2D eigenvalue weighted by atomic mass is 35.5. The quantitative estimate of drug-likeness (QED) is 0.394. The molecular formula is C25H23ClF3N4O5+. The first kappa shape index (κ1) is 25.9. The minimum atomic E-state index is -4.89. The van der Waals surface area contributed by atoms with E-state index in [0.717, 1.165) is 22.3 Å². The van der Waals surface area contributed by atoms with E-state index in [1.165, 1.54) is 28.3 Å². The lowest BCUT2D eigenvalue weighted by Gasteiger charge is -2.15. The Morgan fingerprint density at radius 3 is 2.47 bits per heavy atom. The van der Waals surface area contributed by atoms with E-state index in [0.29, 0.717) is 17.9 Å². The van der Waals surface area contributed by atoms with Crippen molar-refractivity contribution < 1.29 is 39.4 Å². The van der Waals surface area contributed by atoms with E-state index in [4.69, 9.17) is 16.3 Å². The Morgan fingerprint density at radius 2 is 1.82 bits per heavy atom. The van der Waals surface area contributed by atoms with Crippen molar-refractivity contribution in [2.24, 2.45) is 7.05 Å². The van der Waals surface area contributed by atoms with Crippen molar-refractivity contribution in [1.29, 1.82) is 0 Å². The van der Waals surface area contributed by atoms with Crippen molar-refractivity contribution in [3.63, 3.8) is 0 Å². The number of hydrogen-bond acceptors (Lipinski definition) is 6. The molecule has 2 aromatic carbocycles. The van der Waals surface area contributed by atoms with E-state index >= 15 is 0 Å². The van der Waals surface area contributed by atoms with Crippen LogP contribution >= 0.6 is 0 Å². The maximum absolute atomic E-state index is 13.7. The molecule has 0 saturated heterocycles. The Hall–Kier alpha value is -3.77. The molecule has 1 aliphatic carbocycles. The van der Waals surface area contributed by atoms with Crippen LogP contribution in [0.5, 0.6) is 17.5 Å². The second-order valence-corrected chi connectivity index (χ2v) is 9.53. The lowest BCUT2D eigenvalue weighted by molar-refractivity contribution is -0.288. The predicted octanol–water partition coefficient (Wildman–Crippen LogP) is 3.42. The van der Waals surface area contributed by atoms with E-state index in [1.54, 1.807) is 24.3 Å². The molecule has 2 aromatic heterocycles. The molecule has 0 spiro atoms. The van der Waals surface area contributed by atoms with Crippen molar-refractivity contribution in [3.05, 3.63) is 80.0 Å². The van der Waals surface area contributed by atoms with Gasteiger partial charge in [-0.1, -0.05) is 18.2 Å². The fourth-order valence-corrected chi connectivity index (χ4v) is 4.79. The van der Waals surface area contributed by atoms with Crippen LogP contribution in [0, 0.1) is 11.6 Å². The summed E-state index contributed by atoms with van der Waals surface area (Å²) in [4.78, 5) is 31.3. The van der Waals surface area contributed by atoms with Crippen molar-refractivity contribution in [3.8, 4) is 17.5 Å². The molecule has 0 bridgehead atoms. The number of benzene rings is 2. The molecule has 0 radical (unpaired) electrons. The van der Waals surface area contributed by atoms with E-state index < -0.39 is 35.5 Å². The average molecular weight is 552 g/mol. The summed E-state index contributed by atoms with van der Waals surface area (Å²) < 4.78 is 51.8. The molecule has 0 aliphatic heterocycles. The van der Waals surface area contributed by atoms with Crippen molar-refractivity contribution in [2.75, 3.05) is 0 Å². The number of aromatic nitrogens is 4. The first-order valence-corrected chi connectivity index (χ1v) is 12.1. The average Bonchev–Trinajstić information content (AvgIpc) is 3.42. The fraction of sp³-hybridized carbons (Fsp3) is 0.320. The molecule has 1 N–H and O–H groups in total. The summed E-state index contributed by atoms with van der Waals surface area (Å²) in [6, 6.07) is 11.3. The summed E-state index contributed by atoms with van der Waals surface area (Å²) in [6.45, 7) is 0.0981. The number of rotatable bonds is 6. The highest BCUT2D eigenvalue weighted by Crippen LogP contribution is 2.31. The lowest BCUT2D eigenvalue weighted by Crippen LogP contribution is -2.41. The second kappa shape index (κ2) is 9.84. The molecule has 1 aliphatic rings. The molecule has 2 atom stereocenters. The normalized spacial score (nSPS) is 17.7. The smallest absolute Gasteiger partial charge is 0.425 e. The van der Waals surface area contributed by atoms with Gasteiger partial charge in [0.15, 0.2) is 22.8 Å². The number of hydrogen-bond donors (Lipinski definition) is 1. The van der Waals surface area contributed by atoms with Gasteiger partial charge in [0.05, 0.1) is 12.6 Å². The van der Waals surface area contributed by atoms with Crippen LogP contribution in [0.4, 0.5) is 13.2 Å². The van der Waals surface area contributed by atoms with Gasteiger partial charge < -0.3 is 14.6 Å². The van der Waals surface area contributed by atoms with Crippen LogP contribution in [0.2, 0.25) is 5.02 Å². The van der Waals surface area contributed by atoms with Gasteiger partial charge in [0, 0.05) is 31.3 Å². The highest BCUT2D eigenvalue weighted by Gasteiger charge is 2.32. The molecule has 2 unspecified atom stereocenters. The second-order valence-electron chi connectivity index (χ2n) is 9.06. The van der Waals surface area contributed by atoms with Gasteiger partial charge in [0.25, 0.3) is 5.56 Å². The largest absolute Gasteiger partial charge is 0.573 e. The van der Waals surface area contributed by atoms with Crippen LogP contribution in [-0.2, 0) is 13.6 Å². The van der Waals surface area contributed by atoms with Crippen LogP contribution in [-0.4, -0.2) is 36.3 Å². The minimum absolute atomic E-state index is 0.0200. The van der Waals surface area contributed by atoms with Gasteiger partial charge in [0.2, 0.25) is 5.02 Å². The topological polar surface area (TPSA) is 101 Å². The molecule has 1 fully saturated rings. The molecule has 38 heavy (non-hydrogen) atoms. The molecule has 1 saturated carbocycles. The van der Waals surface area contributed by atoms with Gasteiger partial charge >= 0.3 is 18.1 Å². The Labute approximate surface area is 218 Å². The number of nitrogens with zero attached hydrogens (tertiary/aromatic N) is 4. The maximum Gasteiger partial charge on any atom is 0.573 e. The maximum atomic E-state index is 13.7. The Morgan fingerprint density at radius 1 is 1.11 bits per heavy atom. The predicted molar refractivity (Wildman–Crippen MR) is 127 cm³/mol. The Kier molecular flexibility index (Phi) is 6.70. The number of halogens is 4. The molecule has 0 amide bonds. The third kappa shape index (κ3) is 5.14. The number of ether oxygens (including phenoxy) is 2. The number of aliphatic hydroxyl groups is 1. The zero-order valence-corrected chi connectivity index (χ0v) is 20.8. The Balaban J connectivity index is 1.66. The van der Waals surface area contributed by atoms with E-state index in [2.05, 4.69) is 9.72 Å². The third-order valence-electron chi connectivity index (χ3n) is 6.40. The molecular weight excluding hydrogens is 529 g/mol. The Bertz CT molecular complexity index is 1610. The zero-order valence-electron chi connectivity index (χ0n) is 20.0. The van der Waals surface area contributed by atoms with E-state index in [-0.39, 0.29) is 35.9 Å². The van der Waals surface area contributed by atoms with Gasteiger partial charge in [-0.15, -0.1) is 13.2 Å². The molecule has 2 heterocycles. The summed E-state index contributed by atoms with van der Waals surface area (Å²) >= 11 is 5.15. The lowest BCUT2D eigenvalue weighted by atomic mass is 10.2. The van der Waals surface area contributed by atoms with Crippen LogP contribution in [0.15, 0.2) is 58.1 Å². The summed E-state index contributed by atoms with van der Waals surface area (Å²) in [5.41, 5.74) is -0.318. The van der Waals surface area contributed by atoms with Crippen molar-refractivity contribution in [1.82, 2.24) is 18.7 Å². The fourth-order valence-electron chi connectivity index (χ4n) is 4.65. The van der Waals surface area contributed by atoms with Gasteiger partial charge in [-0.05, 0) is 37.0 Å². The van der Waals surface area contributed by atoms with Gasteiger partial charge in [0.1, 0.15) is 11.5 Å². The highest BCUT2D eigenvalue weighted by molar-refractivity contribution is 5.72. The van der Waals surface area contributed by atoms with Gasteiger partial charge in [-0.2, -0.15) is 4.98 Å².